The summed E-state index contributed by atoms with van der Waals surface area (Å²) in [5.41, 5.74) is 0.966. The Morgan fingerprint density at radius 2 is 1.58 bits per heavy atom. The van der Waals surface area contributed by atoms with Crippen molar-refractivity contribution in [3.8, 4) is 0 Å². The molecule has 6 nitrogen and oxygen atoms in total. The van der Waals surface area contributed by atoms with Crippen LogP contribution >= 0.6 is 11.6 Å². The third-order valence-electron chi connectivity index (χ3n) is 3.51. The molecule has 0 aliphatic carbocycles. The molecular weight excluding hydrogens is 356 g/mol. The van der Waals surface area contributed by atoms with E-state index in [4.69, 9.17) is 16.3 Å². The van der Waals surface area contributed by atoms with Gasteiger partial charge in [-0.15, -0.1) is 0 Å². The summed E-state index contributed by atoms with van der Waals surface area (Å²) < 4.78 is 5.11. The van der Waals surface area contributed by atoms with Crippen molar-refractivity contribution < 1.29 is 19.1 Å². The smallest absolute Gasteiger partial charge is 0.329 e. The highest BCUT2D eigenvalue weighted by molar-refractivity contribution is 6.30. The van der Waals surface area contributed by atoms with Gasteiger partial charge in [0.2, 0.25) is 0 Å². The number of amides is 2. The van der Waals surface area contributed by atoms with E-state index in [9.17, 15) is 14.4 Å². The van der Waals surface area contributed by atoms with Crippen LogP contribution in [0.3, 0.4) is 0 Å². The molecular formula is C19H19ClN2O4. The molecule has 0 radical (unpaired) electrons. The summed E-state index contributed by atoms with van der Waals surface area (Å²) in [6.45, 7) is 2.95. The van der Waals surface area contributed by atoms with Crippen molar-refractivity contribution in [1.82, 2.24) is 5.32 Å². The number of ether oxygens (including phenoxy) is 1. The Kier molecular flexibility index (Phi) is 6.74. The van der Waals surface area contributed by atoms with E-state index in [-0.39, 0.29) is 0 Å². The van der Waals surface area contributed by atoms with Gasteiger partial charge in [-0.3, -0.25) is 9.59 Å². The molecule has 0 saturated heterocycles. The van der Waals surface area contributed by atoms with E-state index in [2.05, 4.69) is 10.6 Å². The maximum atomic E-state index is 12.1. The van der Waals surface area contributed by atoms with Gasteiger partial charge < -0.3 is 15.4 Å². The first kappa shape index (κ1) is 19.5. The highest BCUT2D eigenvalue weighted by atomic mass is 35.5. The second-order valence-electron chi connectivity index (χ2n) is 5.64. The Bertz CT molecular complexity index is 778. The van der Waals surface area contributed by atoms with E-state index in [1.54, 1.807) is 54.6 Å². The van der Waals surface area contributed by atoms with E-state index < -0.39 is 29.9 Å². The lowest BCUT2D eigenvalue weighted by Crippen LogP contribution is -2.42. The van der Waals surface area contributed by atoms with E-state index in [0.29, 0.717) is 16.3 Å². The molecule has 2 atom stereocenters. The molecule has 2 amide bonds. The van der Waals surface area contributed by atoms with Crippen molar-refractivity contribution in [3.63, 3.8) is 0 Å². The highest BCUT2D eigenvalue weighted by Crippen LogP contribution is 2.14. The number of nitrogens with one attached hydrogen (secondary N) is 2. The number of anilines is 1. The number of benzene rings is 2. The second kappa shape index (κ2) is 9.01. The monoisotopic (exact) mass is 374 g/mol. The first-order valence-electron chi connectivity index (χ1n) is 7.99. The third kappa shape index (κ3) is 5.60. The van der Waals surface area contributed by atoms with Crippen molar-refractivity contribution in [1.29, 1.82) is 0 Å². The predicted octanol–water partition coefficient (Wildman–Crippen LogP) is 3.03. The number of carbonyl (C=O) groups is 3. The topological polar surface area (TPSA) is 84.5 Å². The minimum Gasteiger partial charge on any atom is -0.451 e. The van der Waals surface area contributed by atoms with Crippen LogP contribution in [0.15, 0.2) is 54.6 Å². The van der Waals surface area contributed by atoms with Gasteiger partial charge in [-0.25, -0.2) is 4.79 Å². The Labute approximate surface area is 156 Å². The Morgan fingerprint density at radius 1 is 0.962 bits per heavy atom. The molecule has 7 heteroatoms. The minimum atomic E-state index is -1.02. The van der Waals surface area contributed by atoms with Crippen LogP contribution in [0.4, 0.5) is 5.69 Å². The van der Waals surface area contributed by atoms with Crippen LogP contribution < -0.4 is 10.6 Å². The second-order valence-corrected chi connectivity index (χ2v) is 6.07. The lowest BCUT2D eigenvalue weighted by atomic mass is 10.2. The van der Waals surface area contributed by atoms with Crippen LogP contribution in [0.5, 0.6) is 0 Å². The van der Waals surface area contributed by atoms with Crippen LogP contribution in [-0.4, -0.2) is 29.9 Å². The maximum absolute atomic E-state index is 12.1. The lowest BCUT2D eigenvalue weighted by molar-refractivity contribution is -0.154. The fourth-order valence-electron chi connectivity index (χ4n) is 2.04. The average molecular weight is 375 g/mol. The fourth-order valence-corrected chi connectivity index (χ4v) is 2.16. The van der Waals surface area contributed by atoms with Crippen molar-refractivity contribution >= 4 is 35.1 Å². The van der Waals surface area contributed by atoms with E-state index in [0.717, 1.165) is 0 Å². The Balaban J connectivity index is 1.86. The standard InChI is InChI=1S/C19H19ClN2O4/c1-12(21-18(24)14-6-4-3-5-7-14)19(25)26-13(2)17(23)22-16-10-8-15(20)9-11-16/h3-13H,1-2H3,(H,21,24)(H,22,23)/t12-,13+/m0/s1. The molecule has 0 saturated carbocycles. The van der Waals surface area contributed by atoms with Crippen LogP contribution in [0.25, 0.3) is 0 Å². The zero-order valence-electron chi connectivity index (χ0n) is 14.4. The number of esters is 1. The van der Waals surface area contributed by atoms with Gasteiger partial charge in [-0.05, 0) is 50.2 Å². The molecule has 2 aromatic rings. The van der Waals surface area contributed by atoms with Crippen molar-refractivity contribution in [3.05, 3.63) is 65.2 Å². The lowest BCUT2D eigenvalue weighted by Gasteiger charge is -2.17. The zero-order chi connectivity index (χ0) is 19.1. The summed E-state index contributed by atoms with van der Waals surface area (Å²) in [5, 5.41) is 5.70. The molecule has 0 aromatic heterocycles. The third-order valence-corrected chi connectivity index (χ3v) is 3.76. The molecule has 0 spiro atoms. The Hall–Kier alpha value is -2.86. The Morgan fingerprint density at radius 3 is 2.19 bits per heavy atom. The van der Waals surface area contributed by atoms with Gasteiger partial charge in [-0.2, -0.15) is 0 Å². The average Bonchev–Trinajstić information content (AvgIpc) is 2.64. The molecule has 2 N–H and O–H groups in total. The van der Waals surface area contributed by atoms with Gasteiger partial charge in [0.1, 0.15) is 6.04 Å². The first-order chi connectivity index (χ1) is 12.4. The summed E-state index contributed by atoms with van der Waals surface area (Å²) in [6.07, 6.45) is -1.02. The minimum absolute atomic E-state index is 0.395. The molecule has 2 aromatic carbocycles. The number of carbonyl (C=O) groups excluding carboxylic acids is 3. The van der Waals surface area contributed by atoms with Gasteiger partial charge in [0.15, 0.2) is 6.10 Å². The summed E-state index contributed by atoms with van der Waals surface area (Å²) in [7, 11) is 0. The van der Waals surface area contributed by atoms with Crippen LogP contribution in [0.1, 0.15) is 24.2 Å². The van der Waals surface area contributed by atoms with Crippen molar-refractivity contribution in [2.24, 2.45) is 0 Å². The van der Waals surface area contributed by atoms with E-state index in [1.165, 1.54) is 13.8 Å². The predicted molar refractivity (Wildman–Crippen MR) is 99.0 cm³/mol. The normalized spacial score (nSPS) is 12.6. The quantitative estimate of drug-likeness (QED) is 0.761. The molecule has 0 bridgehead atoms. The molecule has 0 heterocycles. The van der Waals surface area contributed by atoms with Gasteiger partial charge in [0.05, 0.1) is 0 Å². The summed E-state index contributed by atoms with van der Waals surface area (Å²) in [6, 6.07) is 14.1. The van der Waals surface area contributed by atoms with Crippen molar-refractivity contribution in [2.75, 3.05) is 5.32 Å². The summed E-state index contributed by atoms with van der Waals surface area (Å²) in [4.78, 5) is 36.2. The fraction of sp³-hybridized carbons (Fsp3) is 0.211. The largest absolute Gasteiger partial charge is 0.451 e. The van der Waals surface area contributed by atoms with E-state index >= 15 is 0 Å². The molecule has 26 heavy (non-hydrogen) atoms. The molecule has 0 aliphatic heterocycles. The van der Waals surface area contributed by atoms with Crippen LogP contribution in [-0.2, 0) is 14.3 Å². The molecule has 0 unspecified atom stereocenters. The summed E-state index contributed by atoms with van der Waals surface area (Å²) >= 11 is 5.78. The molecule has 2 rings (SSSR count). The van der Waals surface area contributed by atoms with Crippen molar-refractivity contribution in [2.45, 2.75) is 26.0 Å². The van der Waals surface area contributed by atoms with Gasteiger partial charge >= 0.3 is 5.97 Å². The number of halogens is 1. The zero-order valence-corrected chi connectivity index (χ0v) is 15.1. The van der Waals surface area contributed by atoms with Crippen LogP contribution in [0, 0.1) is 0 Å². The van der Waals surface area contributed by atoms with Gasteiger partial charge in [0, 0.05) is 16.3 Å². The molecule has 0 aliphatic rings. The van der Waals surface area contributed by atoms with Gasteiger partial charge in [0.25, 0.3) is 11.8 Å². The maximum Gasteiger partial charge on any atom is 0.329 e. The highest BCUT2D eigenvalue weighted by Gasteiger charge is 2.23. The number of rotatable bonds is 6. The first-order valence-corrected chi connectivity index (χ1v) is 8.37. The molecule has 0 fully saturated rings. The van der Waals surface area contributed by atoms with E-state index in [1.807, 2.05) is 0 Å². The van der Waals surface area contributed by atoms with Crippen LogP contribution in [0.2, 0.25) is 5.02 Å². The number of hydrogen-bond acceptors (Lipinski definition) is 4. The SMILES string of the molecule is C[C@H](NC(=O)c1ccccc1)C(=O)O[C@H](C)C(=O)Nc1ccc(Cl)cc1. The molecule has 136 valence electrons. The van der Waals surface area contributed by atoms with Gasteiger partial charge in [-0.1, -0.05) is 29.8 Å². The summed E-state index contributed by atoms with van der Waals surface area (Å²) in [5.74, 6) is -1.58. The number of hydrogen-bond donors (Lipinski definition) is 2.